The van der Waals surface area contributed by atoms with Gasteiger partial charge in [0.05, 0.1) is 12.5 Å². The standard InChI is InChI=1S/C28H45N5O9.Li/c1-17(2)24(33-26(38)23(30-18(3)35)14-19-9-11-21(36)12-10-19)27(39)32-22(8-6-7-13-29)25(37)31-20(16-34)15-28(40,41-4)42-5;/h9-12,16-17,20,22-24,36,40H,6-8,13-15,29H2,1-5H3,(H,30,35)(H,31,37)(H,32,39)(H,33,38);/t20?,22-,23-,24-;/m0./s1. The summed E-state index contributed by atoms with van der Waals surface area (Å²) in [6.45, 7) is 5.05. The molecule has 0 bridgehead atoms. The summed E-state index contributed by atoms with van der Waals surface area (Å²) in [5.74, 6) is -4.88. The molecule has 0 spiro atoms. The molecule has 4 atom stereocenters. The van der Waals surface area contributed by atoms with Crippen LogP contribution < -0.4 is 27.0 Å². The van der Waals surface area contributed by atoms with Gasteiger partial charge < -0.3 is 51.5 Å². The average Bonchev–Trinajstić information content (AvgIpc) is 2.94. The maximum absolute atomic E-state index is 13.4. The van der Waals surface area contributed by atoms with Crippen molar-refractivity contribution in [3.05, 3.63) is 29.8 Å². The van der Waals surface area contributed by atoms with E-state index in [1.54, 1.807) is 26.0 Å². The molecule has 0 heterocycles. The van der Waals surface area contributed by atoms with Gasteiger partial charge in [0, 0.05) is 46.4 Å². The van der Waals surface area contributed by atoms with Crippen LogP contribution in [0.5, 0.6) is 5.75 Å². The Morgan fingerprint density at radius 3 is 2.00 bits per heavy atom. The van der Waals surface area contributed by atoms with Gasteiger partial charge in [-0.1, -0.05) is 26.0 Å². The van der Waals surface area contributed by atoms with Gasteiger partial charge in [-0.3, -0.25) is 19.2 Å². The first-order valence-corrected chi connectivity index (χ1v) is 13.7. The number of methoxy groups -OCH3 is 2. The number of nitrogens with one attached hydrogen (secondary N) is 4. The van der Waals surface area contributed by atoms with Gasteiger partial charge in [0.25, 0.3) is 5.97 Å². The van der Waals surface area contributed by atoms with Crippen LogP contribution in [-0.2, 0) is 39.9 Å². The summed E-state index contributed by atoms with van der Waals surface area (Å²) in [5, 5.41) is 30.1. The molecule has 8 N–H and O–H groups in total. The quantitative estimate of drug-likeness (QED) is 0.0435. The first-order chi connectivity index (χ1) is 19.8. The summed E-state index contributed by atoms with van der Waals surface area (Å²) in [5.41, 5.74) is 6.25. The fourth-order valence-corrected chi connectivity index (χ4v) is 4.08. The zero-order valence-electron chi connectivity index (χ0n) is 25.8. The van der Waals surface area contributed by atoms with Crippen molar-refractivity contribution in [3.8, 4) is 5.75 Å². The Kier molecular flexibility index (Phi) is 18.7. The van der Waals surface area contributed by atoms with E-state index >= 15 is 0 Å². The summed E-state index contributed by atoms with van der Waals surface area (Å²) in [6.07, 6.45) is 1.35. The van der Waals surface area contributed by atoms with Crippen LogP contribution >= 0.6 is 0 Å². The van der Waals surface area contributed by atoms with Gasteiger partial charge in [-0.25, -0.2) is 0 Å². The first kappa shape index (κ1) is 40.0. The molecule has 4 amide bonds. The van der Waals surface area contributed by atoms with Crippen molar-refractivity contribution < 1.29 is 43.7 Å². The Balaban J connectivity index is 0.0000176. The van der Waals surface area contributed by atoms with E-state index in [9.17, 15) is 34.2 Å². The predicted octanol–water partition coefficient (Wildman–Crippen LogP) is -1.17. The number of nitrogens with two attached hydrogens (primary N) is 1. The fourth-order valence-electron chi connectivity index (χ4n) is 4.08. The van der Waals surface area contributed by atoms with Crippen molar-refractivity contribution in [2.75, 3.05) is 20.8 Å². The third-order valence-corrected chi connectivity index (χ3v) is 6.50. The van der Waals surface area contributed by atoms with Gasteiger partial charge >= 0.3 is 0 Å². The van der Waals surface area contributed by atoms with E-state index in [4.69, 9.17) is 15.2 Å². The number of hydrogen-bond donors (Lipinski definition) is 7. The number of hydrogen-bond acceptors (Lipinski definition) is 10. The largest absolute Gasteiger partial charge is 0.508 e. The number of carbonyl (C=O) groups is 5. The first-order valence-electron chi connectivity index (χ1n) is 13.7. The van der Waals surface area contributed by atoms with Crippen molar-refractivity contribution in [1.82, 2.24) is 21.3 Å². The van der Waals surface area contributed by atoms with Gasteiger partial charge in [0.2, 0.25) is 23.6 Å². The average molecular weight is 603 g/mol. The predicted molar refractivity (Wildman–Crippen MR) is 158 cm³/mol. The molecule has 0 fully saturated rings. The molecule has 0 aromatic heterocycles. The van der Waals surface area contributed by atoms with E-state index in [-0.39, 0.29) is 37.5 Å². The van der Waals surface area contributed by atoms with Crippen LogP contribution in [0.3, 0.4) is 0 Å². The van der Waals surface area contributed by atoms with Crippen molar-refractivity contribution >= 4 is 48.8 Å². The van der Waals surface area contributed by atoms with Gasteiger partial charge in [-0.05, 0) is 49.4 Å². The number of ether oxygens (including phenoxy) is 2. The molecule has 0 saturated carbocycles. The summed E-state index contributed by atoms with van der Waals surface area (Å²) < 4.78 is 9.70. The maximum atomic E-state index is 13.4. The molecule has 1 aromatic rings. The van der Waals surface area contributed by atoms with Crippen LogP contribution in [-0.4, -0.2) is 110 Å². The second kappa shape index (κ2) is 20.1. The molecule has 1 unspecified atom stereocenters. The Labute approximate surface area is 264 Å². The Morgan fingerprint density at radius 1 is 0.930 bits per heavy atom. The van der Waals surface area contributed by atoms with Crippen LogP contribution in [0.25, 0.3) is 0 Å². The van der Waals surface area contributed by atoms with E-state index in [1.807, 2.05) is 0 Å². The molecule has 0 saturated heterocycles. The van der Waals surface area contributed by atoms with E-state index in [0.717, 1.165) is 0 Å². The number of rotatable bonds is 19. The molecular weight excluding hydrogens is 557 g/mol. The van der Waals surface area contributed by atoms with Crippen molar-refractivity contribution in [2.45, 2.75) is 83.0 Å². The molecule has 0 aliphatic carbocycles. The summed E-state index contributed by atoms with van der Waals surface area (Å²) >= 11 is 0. The smallest absolute Gasteiger partial charge is 0.282 e. The molecule has 14 nitrogen and oxygen atoms in total. The Hall–Kier alpha value is -2.99. The molecule has 15 heteroatoms. The number of benzene rings is 1. The van der Waals surface area contributed by atoms with Crippen molar-refractivity contribution in [2.24, 2.45) is 11.7 Å². The topological polar surface area (TPSA) is 218 Å². The molecule has 0 aliphatic heterocycles. The summed E-state index contributed by atoms with van der Waals surface area (Å²) in [6, 6.07) is 1.76. The Bertz CT molecular complexity index is 1040. The number of amides is 4. The molecule has 1 rings (SSSR count). The zero-order chi connectivity index (χ0) is 31.9. The molecular formula is C28H45LiN5O9. The zero-order valence-corrected chi connectivity index (χ0v) is 25.8. The fraction of sp³-hybridized carbons (Fsp3) is 0.607. The third kappa shape index (κ3) is 14.4. The van der Waals surface area contributed by atoms with Crippen molar-refractivity contribution in [3.63, 3.8) is 0 Å². The third-order valence-electron chi connectivity index (χ3n) is 6.50. The number of unbranched alkanes of at least 4 members (excludes halogenated alkanes) is 1. The van der Waals surface area contributed by atoms with Gasteiger partial charge in [-0.15, -0.1) is 0 Å². The van der Waals surface area contributed by atoms with E-state index in [2.05, 4.69) is 21.3 Å². The van der Waals surface area contributed by atoms with E-state index in [0.29, 0.717) is 31.2 Å². The van der Waals surface area contributed by atoms with Crippen LogP contribution in [0.15, 0.2) is 24.3 Å². The molecule has 1 radical (unpaired) electrons. The molecule has 43 heavy (non-hydrogen) atoms. The minimum Gasteiger partial charge on any atom is -0.508 e. The Morgan fingerprint density at radius 2 is 1.51 bits per heavy atom. The summed E-state index contributed by atoms with van der Waals surface area (Å²) in [7, 11) is 2.34. The maximum Gasteiger partial charge on any atom is 0.282 e. The second-order valence-corrected chi connectivity index (χ2v) is 10.3. The SMILES string of the molecule is COC(O)(CC(C=O)NC(=O)[C@H](CCCCN)NC(=O)[C@@H](NC(=O)[C@H](Cc1ccc(O)cc1)NC(C)=O)C(C)C)OC.[Li]. The molecule has 237 valence electrons. The van der Waals surface area contributed by atoms with Gasteiger partial charge in [0.15, 0.2) is 0 Å². The monoisotopic (exact) mass is 602 g/mol. The normalized spacial score (nSPS) is 14.0. The number of aliphatic hydroxyl groups is 1. The summed E-state index contributed by atoms with van der Waals surface area (Å²) in [4.78, 5) is 63.2. The van der Waals surface area contributed by atoms with Crippen molar-refractivity contribution in [1.29, 1.82) is 0 Å². The van der Waals surface area contributed by atoms with Crippen LogP contribution in [0.4, 0.5) is 0 Å². The van der Waals surface area contributed by atoms with Crippen LogP contribution in [0.1, 0.15) is 52.0 Å². The molecule has 0 aliphatic rings. The minimum absolute atomic E-state index is 0. The minimum atomic E-state index is -2.12. The number of phenols is 1. The second-order valence-electron chi connectivity index (χ2n) is 10.3. The number of aromatic hydroxyl groups is 1. The van der Waals surface area contributed by atoms with Crippen LogP contribution in [0.2, 0.25) is 0 Å². The van der Waals surface area contributed by atoms with Crippen LogP contribution in [0, 0.1) is 5.92 Å². The number of aldehydes is 1. The van der Waals surface area contributed by atoms with E-state index in [1.165, 1.54) is 33.3 Å². The van der Waals surface area contributed by atoms with Gasteiger partial charge in [-0.2, -0.15) is 0 Å². The number of phenolic OH excluding ortho intramolecular Hbond substituents is 1. The molecule has 1 aromatic carbocycles. The number of carbonyl (C=O) groups excluding carboxylic acids is 5. The van der Waals surface area contributed by atoms with E-state index < -0.39 is 66.1 Å². The van der Waals surface area contributed by atoms with Gasteiger partial charge in [0.1, 0.15) is 30.2 Å².